The van der Waals surface area contributed by atoms with E-state index in [1.165, 1.54) is 6.07 Å². The van der Waals surface area contributed by atoms with E-state index in [4.69, 9.17) is 5.73 Å². The van der Waals surface area contributed by atoms with Crippen molar-refractivity contribution in [3.63, 3.8) is 0 Å². The summed E-state index contributed by atoms with van der Waals surface area (Å²) in [5.74, 6) is 1.91. The molecule has 1 aliphatic rings. The van der Waals surface area contributed by atoms with Gasteiger partial charge in [0, 0.05) is 32.1 Å². The van der Waals surface area contributed by atoms with Crippen LogP contribution in [0.2, 0.25) is 0 Å². The molecule has 2 heterocycles. The first-order valence-corrected chi connectivity index (χ1v) is 8.37. The van der Waals surface area contributed by atoms with E-state index in [1.54, 1.807) is 19.2 Å². The zero-order valence-electron chi connectivity index (χ0n) is 12.7. The number of benzene rings is 1. The summed E-state index contributed by atoms with van der Waals surface area (Å²) >= 11 is -2.45. The van der Waals surface area contributed by atoms with Crippen molar-refractivity contribution in [2.45, 2.75) is 17.2 Å². The van der Waals surface area contributed by atoms with Crippen molar-refractivity contribution in [1.82, 2.24) is 9.97 Å². The highest BCUT2D eigenvalue weighted by atomic mass is 32.2. The SMILES string of the molecule is CNc1cc(N2CCC(c3cccc(S(=O)F)c3)C2)nc(N)n1. The van der Waals surface area contributed by atoms with Crippen molar-refractivity contribution in [3.05, 3.63) is 35.9 Å². The number of aromatic nitrogens is 2. The number of hydrogen-bond donors (Lipinski definition) is 2. The highest BCUT2D eigenvalue weighted by Gasteiger charge is 2.26. The van der Waals surface area contributed by atoms with E-state index in [0.29, 0.717) is 5.82 Å². The highest BCUT2D eigenvalue weighted by molar-refractivity contribution is 7.79. The van der Waals surface area contributed by atoms with Crippen LogP contribution >= 0.6 is 0 Å². The minimum Gasteiger partial charge on any atom is -0.373 e. The Morgan fingerprint density at radius 2 is 2.22 bits per heavy atom. The van der Waals surface area contributed by atoms with E-state index in [1.807, 2.05) is 12.1 Å². The first-order chi connectivity index (χ1) is 11.1. The van der Waals surface area contributed by atoms with Crippen LogP contribution in [-0.2, 0) is 11.2 Å². The van der Waals surface area contributed by atoms with Crippen LogP contribution in [0, 0.1) is 0 Å². The van der Waals surface area contributed by atoms with Crippen LogP contribution in [0.5, 0.6) is 0 Å². The van der Waals surface area contributed by atoms with E-state index >= 15 is 0 Å². The van der Waals surface area contributed by atoms with Gasteiger partial charge in [0.25, 0.3) is 0 Å². The van der Waals surface area contributed by atoms with E-state index < -0.39 is 11.2 Å². The van der Waals surface area contributed by atoms with Gasteiger partial charge in [0.05, 0.1) is 4.90 Å². The summed E-state index contributed by atoms with van der Waals surface area (Å²) in [7, 11) is 1.78. The van der Waals surface area contributed by atoms with Crippen molar-refractivity contribution in [2.24, 2.45) is 0 Å². The van der Waals surface area contributed by atoms with Gasteiger partial charge in [-0.15, -0.1) is 3.89 Å². The fourth-order valence-corrected chi connectivity index (χ4v) is 3.27. The minimum absolute atomic E-state index is 0.213. The standard InChI is InChI=1S/C15H18FN5OS/c1-18-13-8-14(20-15(17)19-13)21-6-5-11(9-21)10-3-2-4-12(7-10)23(16)22/h2-4,7-8,11H,5-6,9H2,1H3,(H3,17,18,19,20). The molecule has 1 aromatic heterocycles. The lowest BCUT2D eigenvalue weighted by molar-refractivity contribution is 0.648. The normalized spacial score (nSPS) is 18.9. The number of nitrogens with one attached hydrogen (secondary N) is 1. The first kappa shape index (κ1) is 15.7. The quantitative estimate of drug-likeness (QED) is 0.832. The molecule has 1 fully saturated rings. The smallest absolute Gasteiger partial charge is 0.231 e. The van der Waals surface area contributed by atoms with Gasteiger partial charge in [-0.05, 0) is 24.1 Å². The second-order valence-corrected chi connectivity index (χ2v) is 6.37. The summed E-state index contributed by atoms with van der Waals surface area (Å²) in [6.45, 7) is 1.58. The summed E-state index contributed by atoms with van der Waals surface area (Å²) in [6, 6.07) is 8.75. The Hall–Kier alpha value is -2.22. The van der Waals surface area contributed by atoms with Gasteiger partial charge in [0.15, 0.2) is 0 Å². The Labute approximate surface area is 136 Å². The highest BCUT2D eigenvalue weighted by Crippen LogP contribution is 2.31. The van der Waals surface area contributed by atoms with E-state index in [2.05, 4.69) is 20.2 Å². The summed E-state index contributed by atoms with van der Waals surface area (Å²) in [5.41, 5.74) is 6.73. The second-order valence-electron chi connectivity index (χ2n) is 5.45. The minimum atomic E-state index is -2.45. The van der Waals surface area contributed by atoms with E-state index in [0.717, 1.165) is 30.9 Å². The average Bonchev–Trinajstić information content (AvgIpc) is 3.04. The maximum atomic E-state index is 13.0. The number of nitrogen functional groups attached to an aromatic ring is 1. The van der Waals surface area contributed by atoms with Crippen LogP contribution < -0.4 is 16.0 Å². The lowest BCUT2D eigenvalue weighted by atomic mass is 9.99. The molecule has 0 bridgehead atoms. The summed E-state index contributed by atoms with van der Waals surface area (Å²) in [4.78, 5) is 10.7. The van der Waals surface area contributed by atoms with Crippen molar-refractivity contribution in [1.29, 1.82) is 0 Å². The molecule has 23 heavy (non-hydrogen) atoms. The molecule has 1 saturated heterocycles. The number of nitrogens with zero attached hydrogens (tertiary/aromatic N) is 3. The van der Waals surface area contributed by atoms with Crippen molar-refractivity contribution < 1.29 is 8.09 Å². The van der Waals surface area contributed by atoms with E-state index in [-0.39, 0.29) is 16.8 Å². The van der Waals surface area contributed by atoms with Crippen LogP contribution in [-0.4, -0.2) is 34.3 Å². The Balaban J connectivity index is 1.80. The summed E-state index contributed by atoms with van der Waals surface area (Å²) in [5, 5.41) is 2.96. The molecule has 6 nitrogen and oxygen atoms in total. The fraction of sp³-hybridized carbons (Fsp3) is 0.333. The Morgan fingerprint density at radius 1 is 1.39 bits per heavy atom. The molecule has 0 radical (unpaired) electrons. The third-order valence-electron chi connectivity index (χ3n) is 4.01. The summed E-state index contributed by atoms with van der Waals surface area (Å²) < 4.78 is 24.0. The number of nitrogens with two attached hydrogens (primary N) is 1. The molecule has 2 atom stereocenters. The molecule has 1 aliphatic heterocycles. The number of hydrogen-bond acceptors (Lipinski definition) is 6. The van der Waals surface area contributed by atoms with Gasteiger partial charge in [0.1, 0.15) is 11.6 Å². The van der Waals surface area contributed by atoms with Crippen LogP contribution in [0.4, 0.5) is 21.5 Å². The second kappa shape index (κ2) is 6.49. The molecule has 3 rings (SSSR count). The number of rotatable bonds is 4. The lowest BCUT2D eigenvalue weighted by Gasteiger charge is -2.18. The van der Waals surface area contributed by atoms with Crippen molar-refractivity contribution in [2.75, 3.05) is 36.1 Å². The van der Waals surface area contributed by atoms with Crippen LogP contribution in [0.15, 0.2) is 35.2 Å². The topological polar surface area (TPSA) is 84.1 Å². The number of anilines is 3. The molecule has 0 saturated carbocycles. The van der Waals surface area contributed by atoms with Gasteiger partial charge in [-0.2, -0.15) is 9.97 Å². The zero-order chi connectivity index (χ0) is 16.4. The van der Waals surface area contributed by atoms with E-state index in [9.17, 15) is 8.09 Å². The van der Waals surface area contributed by atoms with Gasteiger partial charge >= 0.3 is 0 Å². The molecule has 2 aromatic rings. The molecule has 2 unspecified atom stereocenters. The van der Waals surface area contributed by atoms with Crippen LogP contribution in [0.25, 0.3) is 0 Å². The van der Waals surface area contributed by atoms with Crippen molar-refractivity contribution in [3.8, 4) is 0 Å². The molecule has 0 amide bonds. The maximum absolute atomic E-state index is 13.0. The average molecular weight is 335 g/mol. The molecule has 0 aliphatic carbocycles. The Kier molecular flexibility index (Phi) is 4.42. The molecule has 122 valence electrons. The first-order valence-electron chi connectivity index (χ1n) is 7.32. The predicted octanol–water partition coefficient (Wildman–Crippen LogP) is 2.09. The molecule has 0 spiro atoms. The fourth-order valence-electron chi connectivity index (χ4n) is 2.85. The molecular formula is C15H18FN5OS. The van der Waals surface area contributed by atoms with Gasteiger partial charge in [-0.1, -0.05) is 12.1 Å². The third-order valence-corrected chi connectivity index (χ3v) is 4.64. The Morgan fingerprint density at radius 3 is 2.96 bits per heavy atom. The maximum Gasteiger partial charge on any atom is 0.231 e. The predicted molar refractivity (Wildman–Crippen MR) is 89.5 cm³/mol. The molecule has 3 N–H and O–H groups in total. The molecule has 8 heteroatoms. The van der Waals surface area contributed by atoms with Gasteiger partial charge in [0.2, 0.25) is 17.1 Å². The number of halogens is 1. The van der Waals surface area contributed by atoms with Gasteiger partial charge < -0.3 is 16.0 Å². The van der Waals surface area contributed by atoms with Crippen LogP contribution in [0.3, 0.4) is 0 Å². The Bertz CT molecular complexity index is 742. The zero-order valence-corrected chi connectivity index (χ0v) is 13.5. The third kappa shape index (κ3) is 3.42. The lowest BCUT2D eigenvalue weighted by Crippen LogP contribution is -2.21. The van der Waals surface area contributed by atoms with Gasteiger partial charge in [-0.25, -0.2) is 4.21 Å². The molecule has 1 aromatic carbocycles. The monoisotopic (exact) mass is 335 g/mol. The summed E-state index contributed by atoms with van der Waals surface area (Å²) in [6.07, 6.45) is 0.918. The van der Waals surface area contributed by atoms with Gasteiger partial charge in [-0.3, -0.25) is 0 Å². The molecular weight excluding hydrogens is 317 g/mol. The van der Waals surface area contributed by atoms with Crippen LogP contribution in [0.1, 0.15) is 17.9 Å². The largest absolute Gasteiger partial charge is 0.373 e. The van der Waals surface area contributed by atoms with Crippen molar-refractivity contribution >= 4 is 28.8 Å².